The third kappa shape index (κ3) is 23.0. The van der Waals surface area contributed by atoms with Crippen LogP contribution in [-0.4, -0.2) is 25.2 Å². The van der Waals surface area contributed by atoms with Crippen LogP contribution >= 0.6 is 0 Å². The van der Waals surface area contributed by atoms with Crippen LogP contribution < -0.4 is 5.32 Å². The molecule has 1 heterocycles. The average Bonchev–Trinajstić information content (AvgIpc) is 2.29. The van der Waals surface area contributed by atoms with Crippen molar-refractivity contribution >= 4 is 12.2 Å². The van der Waals surface area contributed by atoms with Crippen LogP contribution in [0.1, 0.15) is 44.9 Å². The summed E-state index contributed by atoms with van der Waals surface area (Å²) in [5, 5.41) is 14.3. The maximum absolute atomic E-state index is 8.35. The average molecular weight is 227 g/mol. The Morgan fingerprint density at radius 2 is 0.938 bits per heavy atom. The SMILES string of the molecule is C1CCCCNCCCC1.N=C=O.N=C=O. The highest BCUT2D eigenvalue weighted by molar-refractivity contribution is 5.26. The van der Waals surface area contributed by atoms with Gasteiger partial charge in [-0.05, 0) is 25.9 Å². The summed E-state index contributed by atoms with van der Waals surface area (Å²) in [5.41, 5.74) is 0. The molecule has 3 N–H and O–H groups in total. The Kier molecular flexibility index (Phi) is 20.7. The van der Waals surface area contributed by atoms with E-state index in [0.717, 1.165) is 12.2 Å². The maximum Gasteiger partial charge on any atom is 0.231 e. The van der Waals surface area contributed by atoms with Gasteiger partial charge < -0.3 is 5.32 Å². The Labute approximate surface area is 96.6 Å². The van der Waals surface area contributed by atoms with Gasteiger partial charge in [0.25, 0.3) is 0 Å². The fourth-order valence-electron chi connectivity index (χ4n) is 1.51. The summed E-state index contributed by atoms with van der Waals surface area (Å²) in [5.74, 6) is 0. The van der Waals surface area contributed by atoms with Crippen LogP contribution in [0.2, 0.25) is 0 Å². The van der Waals surface area contributed by atoms with Crippen LogP contribution in [0.3, 0.4) is 0 Å². The number of hydrogen-bond donors (Lipinski definition) is 3. The van der Waals surface area contributed by atoms with Crippen LogP contribution in [0, 0.1) is 10.8 Å². The monoisotopic (exact) mass is 227 g/mol. The molecule has 16 heavy (non-hydrogen) atoms. The van der Waals surface area contributed by atoms with Gasteiger partial charge >= 0.3 is 0 Å². The molecule has 0 saturated carbocycles. The van der Waals surface area contributed by atoms with Crippen molar-refractivity contribution in [3.63, 3.8) is 0 Å². The summed E-state index contributed by atoms with van der Waals surface area (Å²) < 4.78 is 0. The highest BCUT2D eigenvalue weighted by Gasteiger charge is 1.94. The van der Waals surface area contributed by atoms with Gasteiger partial charge in [-0.3, -0.25) is 0 Å². The van der Waals surface area contributed by atoms with Crippen LogP contribution in [-0.2, 0) is 9.59 Å². The van der Waals surface area contributed by atoms with Crippen molar-refractivity contribution in [2.24, 2.45) is 0 Å². The second kappa shape index (κ2) is 19.3. The first kappa shape index (κ1) is 17.1. The van der Waals surface area contributed by atoms with Crippen molar-refractivity contribution in [2.75, 3.05) is 13.1 Å². The summed E-state index contributed by atoms with van der Waals surface area (Å²) in [6.07, 6.45) is 11.5. The predicted molar refractivity (Wildman–Crippen MR) is 62.0 cm³/mol. The summed E-state index contributed by atoms with van der Waals surface area (Å²) >= 11 is 0. The lowest BCUT2D eigenvalue weighted by molar-refractivity contribution is 0.514. The highest BCUT2D eigenvalue weighted by Crippen LogP contribution is 2.07. The molecule has 92 valence electrons. The van der Waals surface area contributed by atoms with E-state index in [9.17, 15) is 0 Å². The third-order valence-corrected chi connectivity index (χ3v) is 2.21. The normalized spacial score (nSPS) is 16.0. The van der Waals surface area contributed by atoms with Gasteiger partial charge in [0.1, 0.15) is 0 Å². The fraction of sp³-hybridized carbons (Fsp3) is 0.818. The first-order valence-corrected chi connectivity index (χ1v) is 5.62. The van der Waals surface area contributed by atoms with Crippen molar-refractivity contribution in [2.45, 2.75) is 44.9 Å². The smallest absolute Gasteiger partial charge is 0.231 e. The number of carbonyl (C=O) groups excluding carboxylic acids is 2. The van der Waals surface area contributed by atoms with Gasteiger partial charge in [-0.25, -0.2) is 20.4 Å². The lowest BCUT2D eigenvalue weighted by Gasteiger charge is -2.07. The van der Waals surface area contributed by atoms with Gasteiger partial charge in [-0.2, -0.15) is 0 Å². The van der Waals surface area contributed by atoms with Gasteiger partial charge in [0.05, 0.1) is 0 Å². The number of nitrogens with one attached hydrogen (secondary N) is 3. The molecular weight excluding hydrogens is 206 g/mol. The van der Waals surface area contributed by atoms with Crippen molar-refractivity contribution < 1.29 is 9.59 Å². The molecular formula is C11H21N3O2. The van der Waals surface area contributed by atoms with E-state index >= 15 is 0 Å². The summed E-state index contributed by atoms with van der Waals surface area (Å²) in [4.78, 5) is 16.7. The van der Waals surface area contributed by atoms with Crippen molar-refractivity contribution in [1.82, 2.24) is 5.32 Å². The van der Waals surface area contributed by atoms with Crippen LogP contribution in [0.25, 0.3) is 0 Å². The Morgan fingerprint density at radius 3 is 1.25 bits per heavy atom. The van der Waals surface area contributed by atoms with Gasteiger partial charge in [0, 0.05) is 0 Å². The summed E-state index contributed by atoms with van der Waals surface area (Å²) in [7, 11) is 0. The van der Waals surface area contributed by atoms with Gasteiger partial charge in [0.15, 0.2) is 0 Å². The van der Waals surface area contributed by atoms with E-state index < -0.39 is 0 Å². The third-order valence-electron chi connectivity index (χ3n) is 2.21. The summed E-state index contributed by atoms with van der Waals surface area (Å²) in [6, 6.07) is 0. The highest BCUT2D eigenvalue weighted by atomic mass is 16.1. The number of isocyanates is 2. The Hall–Kier alpha value is -1.28. The molecule has 0 aliphatic carbocycles. The van der Waals surface area contributed by atoms with E-state index in [1.807, 2.05) is 0 Å². The Morgan fingerprint density at radius 1 is 0.688 bits per heavy atom. The molecule has 1 saturated heterocycles. The minimum atomic E-state index is 0.750. The minimum Gasteiger partial charge on any atom is -0.317 e. The molecule has 0 aromatic carbocycles. The van der Waals surface area contributed by atoms with Crippen LogP contribution in [0.4, 0.5) is 0 Å². The van der Waals surface area contributed by atoms with Crippen LogP contribution in [0.15, 0.2) is 0 Å². The fourth-order valence-corrected chi connectivity index (χ4v) is 1.51. The quantitative estimate of drug-likeness (QED) is 0.437. The molecule has 1 fully saturated rings. The van der Waals surface area contributed by atoms with Crippen LogP contribution in [0.5, 0.6) is 0 Å². The molecule has 0 aromatic heterocycles. The predicted octanol–water partition coefficient (Wildman–Crippen LogP) is 2.12. The molecule has 0 atom stereocenters. The van der Waals surface area contributed by atoms with Gasteiger partial charge in [-0.1, -0.05) is 32.1 Å². The maximum atomic E-state index is 8.35. The zero-order valence-electron chi connectivity index (χ0n) is 9.68. The molecule has 0 spiro atoms. The van der Waals surface area contributed by atoms with E-state index in [1.165, 1.54) is 58.0 Å². The first-order valence-electron chi connectivity index (χ1n) is 5.62. The lowest BCUT2D eigenvalue weighted by Crippen LogP contribution is -2.17. The number of hydrogen-bond acceptors (Lipinski definition) is 5. The molecule has 0 aromatic rings. The molecule has 0 amide bonds. The molecule has 1 rings (SSSR count). The van der Waals surface area contributed by atoms with Crippen molar-refractivity contribution in [3.05, 3.63) is 0 Å². The van der Waals surface area contributed by atoms with E-state index in [0.29, 0.717) is 0 Å². The lowest BCUT2D eigenvalue weighted by atomic mass is 10.1. The summed E-state index contributed by atoms with van der Waals surface area (Å²) in [6.45, 7) is 2.50. The molecule has 5 nitrogen and oxygen atoms in total. The molecule has 1 aliphatic heterocycles. The molecule has 0 unspecified atom stereocenters. The Bertz CT molecular complexity index is 150. The first-order chi connectivity index (χ1) is 7.83. The zero-order chi connectivity index (χ0) is 12.5. The topological polar surface area (TPSA) is 93.9 Å². The van der Waals surface area contributed by atoms with E-state index in [2.05, 4.69) is 5.32 Å². The van der Waals surface area contributed by atoms with E-state index in [4.69, 9.17) is 20.4 Å². The zero-order valence-corrected chi connectivity index (χ0v) is 9.68. The second-order valence-corrected chi connectivity index (χ2v) is 3.43. The van der Waals surface area contributed by atoms with Crippen molar-refractivity contribution in [1.29, 1.82) is 10.8 Å². The largest absolute Gasteiger partial charge is 0.317 e. The Balaban J connectivity index is 0. The van der Waals surface area contributed by atoms with E-state index in [1.54, 1.807) is 0 Å². The standard InChI is InChI=1S/C9H19N.2CHNO/c1-2-4-6-8-10-9-7-5-3-1;2*2-1-3/h10H,1-9H2;2*2H. The molecule has 0 bridgehead atoms. The molecule has 5 heteroatoms. The molecule has 0 radical (unpaired) electrons. The second-order valence-electron chi connectivity index (χ2n) is 3.43. The van der Waals surface area contributed by atoms with E-state index in [-0.39, 0.29) is 0 Å². The van der Waals surface area contributed by atoms with Gasteiger partial charge in [-0.15, -0.1) is 0 Å². The van der Waals surface area contributed by atoms with Gasteiger partial charge in [0.2, 0.25) is 12.2 Å². The number of rotatable bonds is 0. The molecule has 1 aliphatic rings. The van der Waals surface area contributed by atoms with Crippen molar-refractivity contribution in [3.8, 4) is 0 Å². The minimum absolute atomic E-state index is 0.750.